The SMILES string of the molecule is Nc1ncnc2c1ncn2[C@@H]1O[C@H](COP(=O)(O)CC(=O)[C@@H](N)CCC(=O)O)[C@@H](O)[C@H]1O.O=C(O)C(F)(F)F. The van der Waals surface area contributed by atoms with Gasteiger partial charge in [-0.2, -0.15) is 13.2 Å². The lowest BCUT2D eigenvalue weighted by Gasteiger charge is -2.18. The summed E-state index contributed by atoms with van der Waals surface area (Å²) >= 11 is 0. The summed E-state index contributed by atoms with van der Waals surface area (Å²) in [4.78, 5) is 53.2. The number of rotatable bonds is 10. The molecule has 0 spiro atoms. The first-order chi connectivity index (χ1) is 17.9. The van der Waals surface area contributed by atoms with Gasteiger partial charge in [0.05, 0.1) is 19.0 Å². The Morgan fingerprint density at radius 3 is 2.36 bits per heavy atom. The van der Waals surface area contributed by atoms with Crippen molar-refractivity contribution in [3.63, 3.8) is 0 Å². The second kappa shape index (κ2) is 12.7. The molecule has 17 nitrogen and oxygen atoms in total. The van der Waals surface area contributed by atoms with E-state index in [2.05, 4.69) is 15.0 Å². The highest BCUT2D eigenvalue weighted by Gasteiger charge is 2.45. The number of hydrogen-bond donors (Lipinski definition) is 7. The maximum Gasteiger partial charge on any atom is 0.490 e. The fraction of sp³-hybridized carbons (Fsp3) is 0.556. The van der Waals surface area contributed by atoms with Crippen molar-refractivity contribution in [3.05, 3.63) is 12.7 Å². The normalized spacial score (nSPS) is 23.5. The van der Waals surface area contributed by atoms with Crippen molar-refractivity contribution >= 4 is 42.3 Å². The van der Waals surface area contributed by atoms with Crippen molar-refractivity contribution < 1.29 is 66.7 Å². The molecule has 0 aliphatic carbocycles. The maximum atomic E-state index is 12.2. The summed E-state index contributed by atoms with van der Waals surface area (Å²) in [7, 11) is -4.48. The fourth-order valence-electron chi connectivity index (χ4n) is 3.14. The predicted octanol–water partition coefficient (Wildman–Crippen LogP) is -1.38. The second-order valence-electron chi connectivity index (χ2n) is 8.03. The van der Waals surface area contributed by atoms with Crippen LogP contribution in [-0.4, -0.2) is 106 Å². The minimum atomic E-state index is -5.08. The van der Waals surface area contributed by atoms with Gasteiger partial charge in [0.1, 0.15) is 36.3 Å². The molecule has 218 valence electrons. The minimum absolute atomic E-state index is 0.106. The summed E-state index contributed by atoms with van der Waals surface area (Å²) in [5.74, 6) is -4.65. The number of Topliss-reactive ketones (excluding diaryl/α,β-unsaturated/α-hetero) is 1. The third-order valence-corrected chi connectivity index (χ3v) is 6.38. The van der Waals surface area contributed by atoms with E-state index >= 15 is 0 Å². The van der Waals surface area contributed by atoms with Crippen LogP contribution in [0.4, 0.5) is 19.0 Å². The monoisotopic (exact) mass is 588 g/mol. The number of nitrogen functional groups attached to an aromatic ring is 1. The van der Waals surface area contributed by atoms with E-state index < -0.39 is 74.8 Å². The van der Waals surface area contributed by atoms with Crippen molar-refractivity contribution in [2.24, 2.45) is 5.73 Å². The number of nitrogens with two attached hydrogens (primary N) is 2. The number of imidazole rings is 1. The van der Waals surface area contributed by atoms with Gasteiger partial charge in [-0.25, -0.2) is 19.7 Å². The zero-order valence-electron chi connectivity index (χ0n) is 19.6. The van der Waals surface area contributed by atoms with Gasteiger partial charge in [0.25, 0.3) is 0 Å². The molecule has 0 amide bonds. The van der Waals surface area contributed by atoms with Gasteiger partial charge in [-0.1, -0.05) is 0 Å². The average Bonchev–Trinajstić information content (AvgIpc) is 3.37. The van der Waals surface area contributed by atoms with E-state index in [4.69, 9.17) is 35.7 Å². The lowest BCUT2D eigenvalue weighted by Crippen LogP contribution is -2.35. The summed E-state index contributed by atoms with van der Waals surface area (Å²) in [6, 6.07) is -1.24. The molecule has 2 aromatic rings. The highest BCUT2D eigenvalue weighted by molar-refractivity contribution is 7.53. The topological polar surface area (TPSA) is 284 Å². The van der Waals surface area contributed by atoms with Crippen LogP contribution in [0.15, 0.2) is 12.7 Å². The van der Waals surface area contributed by atoms with Crippen LogP contribution in [0.2, 0.25) is 0 Å². The first kappa shape index (κ1) is 32.0. The Kier molecular flexibility index (Phi) is 10.4. The van der Waals surface area contributed by atoms with Crippen molar-refractivity contribution in [2.75, 3.05) is 18.5 Å². The highest BCUT2D eigenvalue weighted by Crippen LogP contribution is 2.43. The molecular weight excluding hydrogens is 564 g/mol. The molecule has 1 fully saturated rings. The number of aliphatic carboxylic acids is 2. The number of ketones is 1. The number of carboxylic acid groups (broad SMARTS) is 2. The molecule has 0 saturated carbocycles. The van der Waals surface area contributed by atoms with Gasteiger partial charge in [-0.05, 0) is 6.42 Å². The molecule has 1 aliphatic rings. The molecule has 3 heterocycles. The lowest BCUT2D eigenvalue weighted by molar-refractivity contribution is -0.192. The van der Waals surface area contributed by atoms with Crippen molar-refractivity contribution in [2.45, 2.75) is 49.6 Å². The zero-order valence-corrected chi connectivity index (χ0v) is 20.5. The molecule has 0 aromatic carbocycles. The van der Waals surface area contributed by atoms with Crippen LogP contribution in [0.25, 0.3) is 11.2 Å². The summed E-state index contributed by atoms with van der Waals surface area (Å²) in [5.41, 5.74) is 11.8. The maximum absolute atomic E-state index is 12.2. The molecule has 9 N–H and O–H groups in total. The van der Waals surface area contributed by atoms with Crippen LogP contribution in [0.3, 0.4) is 0 Å². The van der Waals surface area contributed by atoms with E-state index in [1.54, 1.807) is 0 Å². The Bertz CT molecular complexity index is 1250. The van der Waals surface area contributed by atoms with Crippen molar-refractivity contribution in [1.29, 1.82) is 0 Å². The standard InChI is InChI=1S/C16H23N6O9P.C2HF3O2/c17-7(1-2-10(24)25)8(23)4-32(28,29)30-3-9-12(26)13(27)16(31-9)22-6-21-11-14(18)19-5-20-15(11)22;3-2(4,5)1(6)7/h5-7,9,12-13,16,26-27H,1-4,17H2,(H,24,25)(H,28,29)(H2,18,19,20);(H,6,7)/t7-,9+,12+,13+,16+;/m0./s1. The Morgan fingerprint density at radius 2 is 1.79 bits per heavy atom. The molecule has 1 aliphatic heterocycles. The number of nitrogens with zero attached hydrogens (tertiary/aromatic N) is 4. The van der Waals surface area contributed by atoms with Gasteiger partial charge in [0.15, 0.2) is 23.5 Å². The quantitative estimate of drug-likeness (QED) is 0.157. The molecule has 21 heteroatoms. The molecule has 3 rings (SSSR count). The fourth-order valence-corrected chi connectivity index (χ4v) is 4.24. The summed E-state index contributed by atoms with van der Waals surface area (Å²) in [6.07, 6.45) is -9.44. The first-order valence-corrected chi connectivity index (χ1v) is 12.4. The van der Waals surface area contributed by atoms with Crippen LogP contribution in [0.5, 0.6) is 0 Å². The van der Waals surface area contributed by atoms with Gasteiger partial charge in [0, 0.05) is 6.42 Å². The largest absolute Gasteiger partial charge is 0.490 e. The summed E-state index contributed by atoms with van der Waals surface area (Å²) in [5, 5.41) is 36.4. The number of aliphatic hydroxyl groups excluding tert-OH is 2. The third-order valence-electron chi connectivity index (χ3n) is 5.12. The number of ether oxygens (including phenoxy) is 1. The number of anilines is 1. The molecule has 6 atom stereocenters. The second-order valence-corrected chi connectivity index (χ2v) is 9.88. The number of hydrogen-bond acceptors (Lipinski definition) is 13. The smallest absolute Gasteiger partial charge is 0.481 e. The van der Waals surface area contributed by atoms with E-state index in [0.29, 0.717) is 0 Å². The van der Waals surface area contributed by atoms with E-state index in [1.807, 2.05) is 0 Å². The van der Waals surface area contributed by atoms with E-state index in [9.17, 15) is 42.4 Å². The van der Waals surface area contributed by atoms with E-state index in [0.717, 1.165) is 0 Å². The summed E-state index contributed by atoms with van der Waals surface area (Å²) in [6.45, 7) is -0.621. The Hall–Kier alpha value is -3.26. The zero-order chi connectivity index (χ0) is 29.7. The number of carbonyl (C=O) groups is 3. The van der Waals surface area contributed by atoms with E-state index in [1.165, 1.54) is 17.2 Å². The molecule has 1 saturated heterocycles. The molecule has 0 radical (unpaired) electrons. The van der Waals surface area contributed by atoms with Gasteiger partial charge >= 0.3 is 25.7 Å². The van der Waals surface area contributed by atoms with Gasteiger partial charge < -0.3 is 46.0 Å². The first-order valence-electron chi connectivity index (χ1n) is 10.7. The Morgan fingerprint density at radius 1 is 1.18 bits per heavy atom. The van der Waals surface area contributed by atoms with Crippen LogP contribution < -0.4 is 11.5 Å². The molecule has 0 bridgehead atoms. The van der Waals surface area contributed by atoms with Gasteiger partial charge in [-0.15, -0.1) is 0 Å². The molecule has 39 heavy (non-hydrogen) atoms. The highest BCUT2D eigenvalue weighted by atomic mass is 31.2. The van der Waals surface area contributed by atoms with Crippen LogP contribution >= 0.6 is 7.60 Å². The minimum Gasteiger partial charge on any atom is -0.481 e. The number of fused-ring (bicyclic) bond motifs is 1. The number of aromatic nitrogens is 4. The number of aliphatic hydroxyl groups is 2. The Balaban J connectivity index is 0.000000673. The molecule has 1 unspecified atom stereocenters. The number of alkyl halides is 3. The van der Waals surface area contributed by atoms with Crippen molar-refractivity contribution in [1.82, 2.24) is 19.5 Å². The third kappa shape index (κ3) is 8.62. The number of carboxylic acids is 2. The molecule has 2 aromatic heterocycles. The number of halogens is 3. The van der Waals surface area contributed by atoms with Gasteiger partial charge in [-0.3, -0.25) is 18.7 Å². The van der Waals surface area contributed by atoms with Crippen LogP contribution in [0, 0.1) is 0 Å². The lowest BCUT2D eigenvalue weighted by atomic mass is 10.1. The van der Waals surface area contributed by atoms with Gasteiger partial charge in [0.2, 0.25) is 0 Å². The van der Waals surface area contributed by atoms with E-state index in [-0.39, 0.29) is 29.8 Å². The van der Waals surface area contributed by atoms with Crippen LogP contribution in [0.1, 0.15) is 19.1 Å². The Labute approximate surface area is 215 Å². The average molecular weight is 588 g/mol. The number of carbonyl (C=O) groups excluding carboxylic acids is 1. The summed E-state index contributed by atoms with van der Waals surface area (Å²) < 4.78 is 55.8. The predicted molar refractivity (Wildman–Crippen MR) is 120 cm³/mol. The molecular formula is C18H24F3N6O11P. The van der Waals surface area contributed by atoms with Crippen LogP contribution in [-0.2, 0) is 28.2 Å². The van der Waals surface area contributed by atoms with Crippen molar-refractivity contribution in [3.8, 4) is 0 Å².